The molecule has 0 aromatic carbocycles. The van der Waals surface area contributed by atoms with Crippen LogP contribution in [0.15, 0.2) is 34.0 Å². The Morgan fingerprint density at radius 2 is 1.90 bits per heavy atom. The number of anilines is 3. The first-order valence-electron chi connectivity index (χ1n) is 14.9. The minimum Gasteiger partial charge on any atom is -0.383 e. The van der Waals surface area contributed by atoms with Crippen LogP contribution in [0.2, 0.25) is 0 Å². The predicted molar refractivity (Wildman–Crippen MR) is 159 cm³/mol. The van der Waals surface area contributed by atoms with Crippen LogP contribution in [0.25, 0.3) is 0 Å². The number of piperidine rings is 1. The number of nitrogens with one attached hydrogen (secondary N) is 1. The molecule has 3 aromatic rings. The van der Waals surface area contributed by atoms with Crippen molar-refractivity contribution in [2.24, 2.45) is 0 Å². The molecule has 42 heavy (non-hydrogen) atoms. The van der Waals surface area contributed by atoms with Crippen molar-refractivity contribution < 1.29 is 9.18 Å². The number of nitrogen functional groups attached to an aromatic ring is 1. The van der Waals surface area contributed by atoms with Gasteiger partial charge >= 0.3 is 5.69 Å². The number of nitrogens with zero attached hydrogens (tertiary/aromatic N) is 7. The zero-order chi connectivity index (χ0) is 29.8. The molecule has 3 N–H and O–H groups in total. The number of carbonyl (C=O) groups excluding carboxylic acids is 1. The largest absolute Gasteiger partial charge is 0.383 e. The summed E-state index contributed by atoms with van der Waals surface area (Å²) in [4.78, 5) is 47.7. The van der Waals surface area contributed by atoms with Crippen LogP contribution in [0, 0.1) is 5.95 Å². The van der Waals surface area contributed by atoms with Crippen molar-refractivity contribution in [1.29, 1.82) is 0 Å². The number of aryl methyl sites for hydroxylation is 1. The fourth-order valence-corrected chi connectivity index (χ4v) is 5.52. The Kier molecular flexibility index (Phi) is 9.05. The van der Waals surface area contributed by atoms with Crippen LogP contribution >= 0.6 is 0 Å². The molecule has 0 atom stereocenters. The third-order valence-electron chi connectivity index (χ3n) is 7.92. The number of aromatic nitrogens is 5. The lowest BCUT2D eigenvalue weighted by atomic mass is 10.1. The Balaban J connectivity index is 1.43. The molecule has 1 aliphatic carbocycles. The van der Waals surface area contributed by atoms with E-state index in [0.29, 0.717) is 44.1 Å². The highest BCUT2D eigenvalue weighted by molar-refractivity contribution is 6.05. The minimum atomic E-state index is -0.649. The molecule has 4 heterocycles. The van der Waals surface area contributed by atoms with Crippen LogP contribution in [0.3, 0.4) is 0 Å². The van der Waals surface area contributed by atoms with Gasteiger partial charge < -0.3 is 16.0 Å². The van der Waals surface area contributed by atoms with Gasteiger partial charge in [0.2, 0.25) is 5.95 Å². The van der Waals surface area contributed by atoms with E-state index in [-0.39, 0.29) is 41.3 Å². The number of halogens is 1. The molecule has 0 spiro atoms. The van der Waals surface area contributed by atoms with Gasteiger partial charge in [-0.15, -0.1) is 0 Å². The summed E-state index contributed by atoms with van der Waals surface area (Å²) in [5, 5.41) is 7.85. The van der Waals surface area contributed by atoms with Gasteiger partial charge in [0.15, 0.2) is 0 Å². The number of carbonyl (C=O) groups is 1. The van der Waals surface area contributed by atoms with Gasteiger partial charge in [0.05, 0.1) is 17.8 Å². The molecule has 0 unspecified atom stereocenters. The molecule has 2 aliphatic rings. The maximum atomic E-state index is 13.7. The zero-order valence-electron chi connectivity index (χ0n) is 24.4. The molecule has 0 radical (unpaired) electrons. The van der Waals surface area contributed by atoms with E-state index in [1.807, 2.05) is 19.9 Å². The standard InChI is InChI=1S/C29H40FN9O3/c1-3-12-37-26(31)25(28(41)39(29(37)42)22-9-10-22)33-19-21-17-24(38(4-2)34-21)36(16-15-35-13-6-5-7-14-35)27(40)20-8-11-23(30)32-18-20/h8,11,17-18,22,33H,3-7,9-10,12-16,19,31H2,1-2H3. The molecule has 13 heteroatoms. The highest BCUT2D eigenvalue weighted by Gasteiger charge is 2.30. The van der Waals surface area contributed by atoms with Crippen molar-refractivity contribution in [1.82, 2.24) is 28.8 Å². The van der Waals surface area contributed by atoms with Crippen molar-refractivity contribution in [3.05, 3.63) is 62.4 Å². The average Bonchev–Trinajstić information content (AvgIpc) is 3.74. The van der Waals surface area contributed by atoms with Crippen LogP contribution in [0.1, 0.15) is 74.5 Å². The normalized spacial score (nSPS) is 15.6. The summed E-state index contributed by atoms with van der Waals surface area (Å²) >= 11 is 0. The SMILES string of the molecule is CCCn1c(N)c(NCc2cc(N(CCN3CCCCC3)C(=O)c3ccc(F)nc3)n(CC)n2)c(=O)n(C2CC2)c1=O. The van der Waals surface area contributed by atoms with Crippen molar-refractivity contribution in [2.75, 3.05) is 42.1 Å². The Bertz CT molecular complexity index is 1520. The number of pyridine rings is 1. The number of hydrogen-bond donors (Lipinski definition) is 2. The molecule has 1 saturated carbocycles. The van der Waals surface area contributed by atoms with E-state index in [9.17, 15) is 18.8 Å². The highest BCUT2D eigenvalue weighted by atomic mass is 19.1. The maximum absolute atomic E-state index is 13.7. The van der Waals surface area contributed by atoms with Gasteiger partial charge in [-0.05, 0) is 64.3 Å². The quantitative estimate of drug-likeness (QED) is 0.312. The number of rotatable bonds is 12. The van der Waals surface area contributed by atoms with E-state index in [1.54, 1.807) is 9.58 Å². The molecular formula is C29H40FN9O3. The van der Waals surface area contributed by atoms with Gasteiger partial charge in [0.25, 0.3) is 11.5 Å². The molecule has 2 fully saturated rings. The molecule has 3 aromatic heterocycles. The maximum Gasteiger partial charge on any atom is 0.332 e. The van der Waals surface area contributed by atoms with Gasteiger partial charge in [0, 0.05) is 44.5 Å². The number of hydrogen-bond acceptors (Lipinski definition) is 8. The van der Waals surface area contributed by atoms with Gasteiger partial charge in [0.1, 0.15) is 17.3 Å². The molecule has 12 nitrogen and oxygen atoms in total. The van der Waals surface area contributed by atoms with E-state index < -0.39 is 11.5 Å². The van der Waals surface area contributed by atoms with Crippen LogP contribution in [0.5, 0.6) is 0 Å². The smallest absolute Gasteiger partial charge is 0.332 e. The second-order valence-electron chi connectivity index (χ2n) is 11.0. The summed E-state index contributed by atoms with van der Waals surface area (Å²) in [5.74, 6) is -0.235. The van der Waals surface area contributed by atoms with Crippen molar-refractivity contribution in [3.63, 3.8) is 0 Å². The number of nitrogens with two attached hydrogens (primary N) is 1. The molecule has 0 bridgehead atoms. The Morgan fingerprint density at radius 1 is 1.14 bits per heavy atom. The molecule has 226 valence electrons. The van der Waals surface area contributed by atoms with Crippen LogP contribution in [0.4, 0.5) is 21.7 Å². The fourth-order valence-electron chi connectivity index (χ4n) is 5.52. The van der Waals surface area contributed by atoms with Crippen LogP contribution < -0.4 is 27.2 Å². The van der Waals surface area contributed by atoms with E-state index in [1.165, 1.54) is 33.9 Å². The average molecular weight is 582 g/mol. The molecule has 5 rings (SSSR count). The summed E-state index contributed by atoms with van der Waals surface area (Å²) in [6.45, 7) is 8.06. The third-order valence-corrected chi connectivity index (χ3v) is 7.92. The van der Waals surface area contributed by atoms with Gasteiger partial charge in [-0.2, -0.15) is 9.49 Å². The summed E-state index contributed by atoms with van der Waals surface area (Å²) < 4.78 is 18.0. The first-order valence-corrected chi connectivity index (χ1v) is 14.9. The Hall–Kier alpha value is -4.00. The molecular weight excluding hydrogens is 541 g/mol. The molecule has 1 aliphatic heterocycles. The first kappa shape index (κ1) is 29.5. The first-order chi connectivity index (χ1) is 20.3. The van der Waals surface area contributed by atoms with Crippen LogP contribution in [-0.4, -0.2) is 60.9 Å². The van der Waals surface area contributed by atoms with Crippen molar-refractivity contribution >= 4 is 23.2 Å². The third kappa shape index (κ3) is 6.25. The van der Waals surface area contributed by atoms with E-state index >= 15 is 0 Å². The molecule has 1 amide bonds. The zero-order valence-corrected chi connectivity index (χ0v) is 24.4. The van der Waals surface area contributed by atoms with Crippen molar-refractivity contribution in [3.8, 4) is 0 Å². The van der Waals surface area contributed by atoms with E-state index in [2.05, 4.69) is 15.2 Å². The fraction of sp³-hybridized carbons (Fsp3) is 0.552. The van der Waals surface area contributed by atoms with Gasteiger partial charge in [-0.25, -0.2) is 14.5 Å². The summed E-state index contributed by atoms with van der Waals surface area (Å²) in [5.41, 5.74) is 6.60. The second-order valence-corrected chi connectivity index (χ2v) is 11.0. The summed E-state index contributed by atoms with van der Waals surface area (Å²) in [6, 6.07) is 4.34. The highest BCUT2D eigenvalue weighted by Crippen LogP contribution is 2.33. The van der Waals surface area contributed by atoms with Crippen molar-refractivity contribution in [2.45, 2.75) is 78.0 Å². The lowest BCUT2D eigenvalue weighted by Gasteiger charge is -2.30. The van der Waals surface area contributed by atoms with Crippen LogP contribution in [-0.2, 0) is 19.6 Å². The Labute approximate surface area is 243 Å². The number of likely N-dealkylation sites (tertiary alicyclic amines) is 1. The lowest BCUT2D eigenvalue weighted by Crippen LogP contribution is -2.42. The van der Waals surface area contributed by atoms with E-state index in [4.69, 9.17) is 10.8 Å². The molecule has 1 saturated heterocycles. The number of amides is 1. The summed E-state index contributed by atoms with van der Waals surface area (Å²) in [7, 11) is 0. The summed E-state index contributed by atoms with van der Waals surface area (Å²) in [6.07, 6.45) is 7.01. The van der Waals surface area contributed by atoms with Gasteiger partial charge in [-0.3, -0.25) is 23.6 Å². The monoisotopic (exact) mass is 581 g/mol. The minimum absolute atomic E-state index is 0.0967. The Morgan fingerprint density at radius 3 is 2.55 bits per heavy atom. The second kappa shape index (κ2) is 12.9. The van der Waals surface area contributed by atoms with E-state index in [0.717, 1.165) is 38.8 Å². The lowest BCUT2D eigenvalue weighted by molar-refractivity contribution is 0.0980. The van der Waals surface area contributed by atoms with Gasteiger partial charge in [-0.1, -0.05) is 13.3 Å². The predicted octanol–water partition coefficient (Wildman–Crippen LogP) is 2.83. The topological polar surface area (TPSA) is 136 Å².